The molecule has 2 aromatic rings. The number of nitrogens with zero attached hydrogens (tertiary/aromatic N) is 1. The van der Waals surface area contributed by atoms with Crippen LogP contribution in [-0.2, 0) is 63.7 Å². The van der Waals surface area contributed by atoms with Crippen LogP contribution in [0.2, 0.25) is 0 Å². The molecule has 11 atom stereocenters. The highest BCUT2D eigenvalue weighted by atomic mass is 32.2. The fourth-order valence-corrected chi connectivity index (χ4v) is 11.0. The van der Waals surface area contributed by atoms with Crippen LogP contribution in [0, 0.1) is 11.8 Å². The number of nitrogens with one attached hydrogen (secondary N) is 8. The molecule has 1 aromatic heterocycles. The Balaban J connectivity index is 1.02. The topological polar surface area (TPSA) is 326 Å². The van der Waals surface area contributed by atoms with E-state index in [2.05, 4.69) is 55.2 Å². The summed E-state index contributed by atoms with van der Waals surface area (Å²) in [5.41, 5.74) is 6.89. The summed E-state index contributed by atoms with van der Waals surface area (Å²) in [7, 11) is 1.58. The summed E-state index contributed by atoms with van der Waals surface area (Å²) >= 11 is 1.42. The molecule has 23 nitrogen and oxygen atoms in total. The van der Waals surface area contributed by atoms with Crippen molar-refractivity contribution in [1.82, 2.24) is 47.1 Å². The molecule has 9 amide bonds. The number of ether oxygens (including phenoxy) is 4. The summed E-state index contributed by atoms with van der Waals surface area (Å²) < 4.78 is 24.2. The lowest BCUT2D eigenvalue weighted by molar-refractivity contribution is -0.139. The molecule has 1 saturated carbocycles. The Labute approximate surface area is 453 Å². The zero-order valence-electron chi connectivity index (χ0n) is 45.4. The standard InChI is InChI=1S/C53H78N10O13S/c1-29(2)15-16-40-52(6,76-40)45-44(73-7)39(17-19-53(45)28-74-53)75-51(72)58-27-43(66)63-20-11-14-38(63)50(71)62-36(22-30(3)4)47(68)57-26-42(65)60-35(18-21-77-8)48(69)61-37(23-32-24-55-34-13-10-9-12-33(32)34)49(70)59-31(5)46(67)56-25-41(54)64/h9-10,12-13,15,24,30-31,35-40,44-45,55H,11,14,16-23,25-28H2,1-8H3,(H2,54,64)(H,56,67)(H,57,68)(H,58,72)(H,59,70)(H,60,65)(H,61,69)(H,62,71)/t31-,35-,36-,37-,38?,39+,40+,44?,45+,52-,53-/m0/s1. The Morgan fingerprint density at radius 3 is 2.29 bits per heavy atom. The number of aromatic amines is 1. The van der Waals surface area contributed by atoms with Crippen molar-refractivity contribution in [3.05, 3.63) is 47.7 Å². The number of primary amides is 1. The van der Waals surface area contributed by atoms with Gasteiger partial charge in [0.15, 0.2) is 0 Å². The Morgan fingerprint density at radius 1 is 0.896 bits per heavy atom. The number of methoxy groups -OCH3 is 1. The molecular weight excluding hydrogens is 1020 g/mol. The van der Waals surface area contributed by atoms with Crippen LogP contribution >= 0.6 is 11.8 Å². The summed E-state index contributed by atoms with van der Waals surface area (Å²) in [6.45, 7) is 10.6. The first kappa shape index (κ1) is 60.0. The minimum absolute atomic E-state index is 0.000133. The van der Waals surface area contributed by atoms with Gasteiger partial charge in [0.25, 0.3) is 0 Å². The molecule has 424 valence electrons. The van der Waals surface area contributed by atoms with Gasteiger partial charge in [0, 0.05) is 37.2 Å². The van der Waals surface area contributed by atoms with E-state index < -0.39 is 127 Å². The summed E-state index contributed by atoms with van der Waals surface area (Å²) in [5.74, 6) is -5.15. The third-order valence-corrected chi connectivity index (χ3v) is 15.3. The van der Waals surface area contributed by atoms with Gasteiger partial charge in [-0.1, -0.05) is 43.7 Å². The largest absolute Gasteiger partial charge is 0.443 e. The van der Waals surface area contributed by atoms with Gasteiger partial charge in [0.1, 0.15) is 60.2 Å². The Morgan fingerprint density at radius 2 is 1.61 bits per heavy atom. The van der Waals surface area contributed by atoms with Gasteiger partial charge in [-0.05, 0) is 102 Å². The van der Waals surface area contributed by atoms with E-state index in [1.54, 1.807) is 13.3 Å². The second-order valence-electron chi connectivity index (χ2n) is 21.3. The maximum absolute atomic E-state index is 14.0. The molecule has 2 unspecified atom stereocenters. The van der Waals surface area contributed by atoms with Crippen molar-refractivity contribution < 1.29 is 62.1 Å². The average Bonchev–Trinajstić information content (AvgIpc) is 4.22. The highest BCUT2D eigenvalue weighted by Gasteiger charge is 2.72. The monoisotopic (exact) mass is 1090 g/mol. The van der Waals surface area contributed by atoms with Crippen molar-refractivity contribution in [2.75, 3.05) is 51.9 Å². The van der Waals surface area contributed by atoms with Crippen LogP contribution in [-0.4, -0.2) is 175 Å². The molecule has 3 aliphatic heterocycles. The van der Waals surface area contributed by atoms with Crippen LogP contribution in [0.5, 0.6) is 0 Å². The van der Waals surface area contributed by atoms with Crippen molar-refractivity contribution in [3.8, 4) is 0 Å². The number of aromatic nitrogens is 1. The van der Waals surface area contributed by atoms with Crippen LogP contribution in [0.15, 0.2) is 42.1 Å². The highest BCUT2D eigenvalue weighted by Crippen LogP contribution is 2.59. The summed E-state index contributed by atoms with van der Waals surface area (Å²) in [5, 5.41) is 19.1. The fourth-order valence-electron chi connectivity index (χ4n) is 10.6. The maximum atomic E-state index is 14.0. The number of thioether (sulfide) groups is 1. The molecule has 1 spiro atoms. The zero-order chi connectivity index (χ0) is 56.2. The number of para-hydroxylation sites is 1. The lowest BCUT2D eigenvalue weighted by Gasteiger charge is -2.42. The van der Waals surface area contributed by atoms with Gasteiger partial charge in [0.2, 0.25) is 47.3 Å². The van der Waals surface area contributed by atoms with E-state index in [4.69, 9.17) is 24.7 Å². The molecule has 6 rings (SSSR count). The van der Waals surface area contributed by atoms with Crippen LogP contribution in [0.4, 0.5) is 4.79 Å². The van der Waals surface area contributed by atoms with Gasteiger partial charge in [-0.2, -0.15) is 11.8 Å². The SMILES string of the molecule is COC1[C@H](OC(=O)NCC(=O)N2CCCC2C(=O)N[C@@H](CC(C)C)C(=O)NCC(=O)N[C@@H](CCSC)C(=O)N[C@@H](Cc2c[nH]c3ccccc23)C(=O)N[C@@H](C)C(=O)NCC(N)=O)CC[C@]2(CO2)[C@H]1[C@@]1(C)O[C@@H]1CC=C(C)C. The first-order valence-corrected chi connectivity index (χ1v) is 27.8. The quantitative estimate of drug-likeness (QED) is 0.0445. The van der Waals surface area contributed by atoms with Crippen LogP contribution in [0.25, 0.3) is 10.9 Å². The van der Waals surface area contributed by atoms with E-state index in [0.717, 1.165) is 17.3 Å². The van der Waals surface area contributed by atoms with E-state index in [1.807, 2.05) is 58.2 Å². The Bertz CT molecular complexity index is 2510. The number of H-pyrrole nitrogens is 1. The van der Waals surface area contributed by atoms with E-state index in [0.29, 0.717) is 43.6 Å². The first-order valence-electron chi connectivity index (χ1n) is 26.4. The molecule has 24 heteroatoms. The van der Waals surface area contributed by atoms with Crippen LogP contribution in [0.3, 0.4) is 0 Å². The number of epoxide rings is 2. The number of carbonyl (C=O) groups excluding carboxylic acids is 9. The number of hydrogen-bond donors (Lipinski definition) is 9. The van der Waals surface area contributed by atoms with Crippen molar-refractivity contribution in [2.45, 2.75) is 153 Å². The first-order chi connectivity index (χ1) is 36.6. The predicted octanol–water partition coefficient (Wildman–Crippen LogP) is 0.980. The number of amides is 9. The Hall–Kier alpha value is -6.24. The third-order valence-electron chi connectivity index (χ3n) is 14.7. The van der Waals surface area contributed by atoms with Gasteiger partial charge in [-0.25, -0.2) is 4.79 Å². The number of allylic oxidation sites excluding steroid dienone is 1. The Kier molecular flexibility index (Phi) is 20.9. The van der Waals surface area contributed by atoms with E-state index in [9.17, 15) is 43.2 Å². The summed E-state index contributed by atoms with van der Waals surface area (Å²) in [6.07, 6.45) is 6.74. The lowest BCUT2D eigenvalue weighted by Crippen LogP contribution is -2.58. The normalized spacial score (nSPS) is 24.8. The minimum Gasteiger partial charge on any atom is -0.443 e. The number of carbonyl (C=O) groups is 9. The van der Waals surface area contributed by atoms with Crippen LogP contribution in [0.1, 0.15) is 92.1 Å². The van der Waals surface area contributed by atoms with E-state index >= 15 is 0 Å². The second-order valence-corrected chi connectivity index (χ2v) is 22.3. The number of fused-ring (bicyclic) bond motifs is 1. The predicted molar refractivity (Wildman–Crippen MR) is 286 cm³/mol. The zero-order valence-corrected chi connectivity index (χ0v) is 46.2. The summed E-state index contributed by atoms with van der Waals surface area (Å²) in [6, 6.07) is 1.85. The molecule has 0 bridgehead atoms. The number of hydrogen-bond acceptors (Lipinski definition) is 14. The number of likely N-dealkylation sites (tertiary alicyclic amines) is 1. The minimum atomic E-state index is -1.23. The van der Waals surface area contributed by atoms with Crippen molar-refractivity contribution in [2.24, 2.45) is 17.6 Å². The average molecular weight is 1100 g/mol. The van der Waals surface area contributed by atoms with Gasteiger partial charge in [-0.15, -0.1) is 0 Å². The molecule has 4 aliphatic rings. The number of alkyl carbamates (subject to hydrolysis) is 1. The molecule has 77 heavy (non-hydrogen) atoms. The van der Waals surface area contributed by atoms with Crippen molar-refractivity contribution >= 4 is 76.0 Å². The smallest absolute Gasteiger partial charge is 0.407 e. The number of nitrogens with two attached hydrogens (primary N) is 1. The molecule has 10 N–H and O–H groups in total. The van der Waals surface area contributed by atoms with Crippen LogP contribution < -0.4 is 43.0 Å². The molecule has 4 heterocycles. The molecule has 0 radical (unpaired) electrons. The number of rotatable bonds is 27. The van der Waals surface area contributed by atoms with Gasteiger partial charge in [-0.3, -0.25) is 38.4 Å². The molecule has 4 fully saturated rings. The highest BCUT2D eigenvalue weighted by molar-refractivity contribution is 7.98. The van der Waals surface area contributed by atoms with Gasteiger partial charge in [0.05, 0.1) is 31.7 Å². The second kappa shape index (κ2) is 26.9. The van der Waals surface area contributed by atoms with Gasteiger partial charge >= 0.3 is 6.09 Å². The van der Waals surface area contributed by atoms with Gasteiger partial charge < -0.3 is 71.8 Å². The fraction of sp³-hybridized carbons (Fsp3) is 0.642. The molecular formula is C53H78N10O13S. The molecule has 1 aliphatic carbocycles. The summed E-state index contributed by atoms with van der Waals surface area (Å²) in [4.78, 5) is 124. The maximum Gasteiger partial charge on any atom is 0.407 e. The lowest BCUT2D eigenvalue weighted by atomic mass is 9.68. The van der Waals surface area contributed by atoms with Crippen molar-refractivity contribution in [3.63, 3.8) is 0 Å². The molecule has 1 aromatic carbocycles. The third kappa shape index (κ3) is 15.9. The van der Waals surface area contributed by atoms with E-state index in [1.165, 1.54) is 29.2 Å². The van der Waals surface area contributed by atoms with E-state index in [-0.39, 0.29) is 43.7 Å². The van der Waals surface area contributed by atoms with Crippen molar-refractivity contribution in [1.29, 1.82) is 0 Å². The molecule has 3 saturated heterocycles. The number of benzene rings is 1.